The lowest BCUT2D eigenvalue weighted by molar-refractivity contribution is 0.0697. The SMILES string of the molecule is C=CCSCCNS(=O)(=O)c1ccc(C(=O)O)cc1N. The van der Waals surface area contributed by atoms with Crippen molar-refractivity contribution in [3.63, 3.8) is 0 Å². The van der Waals surface area contributed by atoms with Crippen LogP contribution in [-0.2, 0) is 10.0 Å². The van der Waals surface area contributed by atoms with Gasteiger partial charge < -0.3 is 10.8 Å². The van der Waals surface area contributed by atoms with Crippen LogP contribution in [0, 0.1) is 0 Å². The van der Waals surface area contributed by atoms with Gasteiger partial charge in [-0.05, 0) is 18.2 Å². The zero-order valence-corrected chi connectivity index (χ0v) is 12.3. The first-order valence-electron chi connectivity index (χ1n) is 5.69. The van der Waals surface area contributed by atoms with Crippen molar-refractivity contribution in [2.75, 3.05) is 23.8 Å². The summed E-state index contributed by atoms with van der Waals surface area (Å²) in [6.07, 6.45) is 1.74. The summed E-state index contributed by atoms with van der Waals surface area (Å²) in [5, 5.41) is 8.80. The molecule has 0 unspecified atom stereocenters. The highest BCUT2D eigenvalue weighted by Crippen LogP contribution is 2.19. The molecule has 110 valence electrons. The average Bonchev–Trinajstić information content (AvgIpc) is 2.37. The van der Waals surface area contributed by atoms with E-state index in [1.165, 1.54) is 12.1 Å². The Bertz CT molecular complexity index is 599. The van der Waals surface area contributed by atoms with E-state index in [2.05, 4.69) is 11.3 Å². The number of carbonyl (C=O) groups is 1. The maximum Gasteiger partial charge on any atom is 0.335 e. The summed E-state index contributed by atoms with van der Waals surface area (Å²) < 4.78 is 26.4. The predicted octanol–water partition coefficient (Wildman–Crippen LogP) is 1.16. The Morgan fingerprint density at radius 2 is 2.20 bits per heavy atom. The second-order valence-electron chi connectivity index (χ2n) is 3.82. The summed E-state index contributed by atoms with van der Waals surface area (Å²) in [4.78, 5) is 10.6. The molecule has 0 fully saturated rings. The van der Waals surface area contributed by atoms with Gasteiger partial charge in [-0.1, -0.05) is 6.08 Å². The molecule has 4 N–H and O–H groups in total. The molecule has 0 aliphatic carbocycles. The Balaban J connectivity index is 2.77. The molecule has 0 spiro atoms. The van der Waals surface area contributed by atoms with Crippen molar-refractivity contribution < 1.29 is 18.3 Å². The summed E-state index contributed by atoms with van der Waals surface area (Å²) in [7, 11) is -3.73. The van der Waals surface area contributed by atoms with Gasteiger partial charge >= 0.3 is 5.97 Å². The minimum absolute atomic E-state index is 0.0528. The molecule has 0 radical (unpaired) electrons. The fourth-order valence-corrected chi connectivity index (χ4v) is 3.27. The Morgan fingerprint density at radius 3 is 2.75 bits per heavy atom. The van der Waals surface area contributed by atoms with E-state index in [-0.39, 0.29) is 22.7 Å². The van der Waals surface area contributed by atoms with Crippen LogP contribution in [0.5, 0.6) is 0 Å². The summed E-state index contributed by atoms with van der Waals surface area (Å²) >= 11 is 1.55. The number of benzene rings is 1. The van der Waals surface area contributed by atoms with E-state index >= 15 is 0 Å². The van der Waals surface area contributed by atoms with Crippen LogP contribution in [0.2, 0.25) is 0 Å². The largest absolute Gasteiger partial charge is 0.478 e. The van der Waals surface area contributed by atoms with Crippen LogP contribution in [-0.4, -0.2) is 37.5 Å². The zero-order valence-electron chi connectivity index (χ0n) is 10.7. The number of rotatable bonds is 8. The molecule has 8 heteroatoms. The van der Waals surface area contributed by atoms with Crippen LogP contribution in [0.3, 0.4) is 0 Å². The van der Waals surface area contributed by atoms with Crippen LogP contribution < -0.4 is 10.5 Å². The molecule has 1 rings (SSSR count). The molecule has 0 atom stereocenters. The number of thioether (sulfide) groups is 1. The Kier molecular flexibility index (Phi) is 6.05. The highest BCUT2D eigenvalue weighted by atomic mass is 32.2. The number of sulfonamides is 1. The van der Waals surface area contributed by atoms with Gasteiger partial charge in [-0.25, -0.2) is 17.9 Å². The lowest BCUT2D eigenvalue weighted by atomic mass is 10.2. The molecule has 0 saturated heterocycles. The molecule has 0 bridgehead atoms. The van der Waals surface area contributed by atoms with E-state index in [4.69, 9.17) is 10.8 Å². The van der Waals surface area contributed by atoms with E-state index < -0.39 is 16.0 Å². The van der Waals surface area contributed by atoms with Gasteiger partial charge in [0.05, 0.1) is 11.3 Å². The van der Waals surface area contributed by atoms with Crippen molar-refractivity contribution in [2.24, 2.45) is 0 Å². The lowest BCUT2D eigenvalue weighted by Crippen LogP contribution is -2.27. The molecule has 0 aliphatic heterocycles. The van der Waals surface area contributed by atoms with Crippen molar-refractivity contribution in [2.45, 2.75) is 4.90 Å². The number of nitrogens with two attached hydrogens (primary N) is 1. The molecule has 20 heavy (non-hydrogen) atoms. The van der Waals surface area contributed by atoms with Crippen LogP contribution >= 0.6 is 11.8 Å². The summed E-state index contributed by atoms with van der Waals surface area (Å²) in [5.74, 6) is 0.199. The lowest BCUT2D eigenvalue weighted by Gasteiger charge is -2.09. The van der Waals surface area contributed by atoms with Gasteiger partial charge in [0, 0.05) is 18.1 Å². The smallest absolute Gasteiger partial charge is 0.335 e. The maximum atomic E-state index is 12.0. The fourth-order valence-electron chi connectivity index (χ4n) is 1.42. The van der Waals surface area contributed by atoms with Crippen molar-refractivity contribution in [3.05, 3.63) is 36.4 Å². The number of anilines is 1. The molecule has 0 heterocycles. The van der Waals surface area contributed by atoms with Gasteiger partial charge in [0.15, 0.2) is 0 Å². The quantitative estimate of drug-likeness (QED) is 0.377. The highest BCUT2D eigenvalue weighted by molar-refractivity contribution is 7.99. The summed E-state index contributed by atoms with van der Waals surface area (Å²) in [6.45, 7) is 3.83. The minimum Gasteiger partial charge on any atom is -0.478 e. The van der Waals surface area contributed by atoms with E-state index in [0.29, 0.717) is 5.75 Å². The van der Waals surface area contributed by atoms with Crippen LogP contribution in [0.4, 0.5) is 5.69 Å². The highest BCUT2D eigenvalue weighted by Gasteiger charge is 2.18. The number of carboxylic acid groups (broad SMARTS) is 1. The minimum atomic E-state index is -3.73. The van der Waals surface area contributed by atoms with Crippen molar-refractivity contribution >= 4 is 33.4 Å². The van der Waals surface area contributed by atoms with E-state index in [1.807, 2.05) is 0 Å². The number of nitrogen functional groups attached to an aromatic ring is 1. The fraction of sp³-hybridized carbons (Fsp3) is 0.250. The number of nitrogens with one attached hydrogen (secondary N) is 1. The van der Waals surface area contributed by atoms with Crippen LogP contribution in [0.15, 0.2) is 35.7 Å². The molecular formula is C12H16N2O4S2. The van der Waals surface area contributed by atoms with Gasteiger partial charge in [-0.3, -0.25) is 0 Å². The first kappa shape index (κ1) is 16.5. The van der Waals surface area contributed by atoms with Gasteiger partial charge in [-0.15, -0.1) is 6.58 Å². The Labute approximate surface area is 122 Å². The number of aromatic carboxylic acids is 1. The standard InChI is InChI=1S/C12H16N2O4S2/c1-2-6-19-7-5-14-20(17,18)11-4-3-9(12(15)16)8-10(11)13/h2-4,8,14H,1,5-7,13H2,(H,15,16). The summed E-state index contributed by atoms with van der Waals surface area (Å²) in [5.41, 5.74) is 5.46. The molecule has 0 aromatic heterocycles. The van der Waals surface area contributed by atoms with Gasteiger partial charge in [0.25, 0.3) is 0 Å². The number of hydrogen-bond acceptors (Lipinski definition) is 5. The third-order valence-electron chi connectivity index (χ3n) is 2.32. The molecule has 1 aromatic rings. The maximum absolute atomic E-state index is 12.0. The molecule has 1 aromatic carbocycles. The first-order chi connectivity index (χ1) is 9.38. The van der Waals surface area contributed by atoms with E-state index in [9.17, 15) is 13.2 Å². The molecule has 0 saturated carbocycles. The molecule has 0 aliphatic rings. The van der Waals surface area contributed by atoms with Crippen molar-refractivity contribution in [1.82, 2.24) is 4.72 Å². The molecule has 6 nitrogen and oxygen atoms in total. The Morgan fingerprint density at radius 1 is 1.50 bits per heavy atom. The zero-order chi connectivity index (χ0) is 15.2. The van der Waals surface area contributed by atoms with E-state index in [0.717, 1.165) is 11.8 Å². The second-order valence-corrected chi connectivity index (χ2v) is 6.70. The van der Waals surface area contributed by atoms with E-state index in [1.54, 1.807) is 17.8 Å². The van der Waals surface area contributed by atoms with Crippen molar-refractivity contribution in [1.29, 1.82) is 0 Å². The number of hydrogen-bond donors (Lipinski definition) is 3. The monoisotopic (exact) mass is 316 g/mol. The summed E-state index contributed by atoms with van der Waals surface area (Å²) in [6, 6.07) is 3.53. The van der Waals surface area contributed by atoms with Crippen molar-refractivity contribution in [3.8, 4) is 0 Å². The molecular weight excluding hydrogens is 300 g/mol. The third kappa shape index (κ3) is 4.55. The topological polar surface area (TPSA) is 109 Å². The second kappa shape index (κ2) is 7.32. The van der Waals surface area contributed by atoms with Gasteiger partial charge in [0.1, 0.15) is 4.90 Å². The molecule has 0 amide bonds. The van der Waals surface area contributed by atoms with Gasteiger partial charge in [0.2, 0.25) is 10.0 Å². The predicted molar refractivity (Wildman–Crippen MR) is 80.5 cm³/mol. The normalized spacial score (nSPS) is 11.2. The number of carboxylic acids is 1. The first-order valence-corrected chi connectivity index (χ1v) is 8.33. The Hall–Kier alpha value is -1.51. The van der Waals surface area contributed by atoms with Crippen LogP contribution in [0.1, 0.15) is 10.4 Å². The third-order valence-corrected chi connectivity index (χ3v) is 4.82. The van der Waals surface area contributed by atoms with Crippen LogP contribution in [0.25, 0.3) is 0 Å². The average molecular weight is 316 g/mol. The van der Waals surface area contributed by atoms with Gasteiger partial charge in [-0.2, -0.15) is 11.8 Å².